The Hall–Kier alpha value is -5.13. The van der Waals surface area contributed by atoms with Crippen molar-refractivity contribution in [1.82, 2.24) is 15.0 Å². The normalized spacial score (nSPS) is 18.9. The number of carbonyl (C=O) groups excluding carboxylic acids is 3. The maximum atomic E-state index is 13.6. The Balaban J connectivity index is 0.00000217. The summed E-state index contributed by atoms with van der Waals surface area (Å²) in [6.07, 6.45) is 3.46. The van der Waals surface area contributed by atoms with Crippen LogP contribution >= 0.6 is 11.3 Å². The predicted molar refractivity (Wildman–Crippen MR) is 190 cm³/mol. The second kappa shape index (κ2) is 17.1. The van der Waals surface area contributed by atoms with E-state index in [0.29, 0.717) is 36.7 Å². The number of β-lactam (4-membered cyclic amide) rings is 1. The van der Waals surface area contributed by atoms with Crippen molar-refractivity contribution in [2.45, 2.75) is 63.7 Å². The number of carboxylic acid groups (broad SMARTS) is 2. The number of ketones is 1. The first-order chi connectivity index (χ1) is 25.8. The summed E-state index contributed by atoms with van der Waals surface area (Å²) in [4.78, 5) is 61.6. The van der Waals surface area contributed by atoms with Crippen LogP contribution in [0.4, 0.5) is 5.13 Å². The van der Waals surface area contributed by atoms with Gasteiger partial charge in [-0.05, 0) is 75.9 Å². The van der Waals surface area contributed by atoms with E-state index in [1.165, 1.54) is 26.2 Å². The first-order valence-corrected chi connectivity index (χ1v) is 18.8. The van der Waals surface area contributed by atoms with Gasteiger partial charge in [-0.3, -0.25) is 9.59 Å². The van der Waals surface area contributed by atoms with Gasteiger partial charge in [-0.15, -0.1) is 11.3 Å². The molecule has 0 spiro atoms. The van der Waals surface area contributed by atoms with E-state index >= 15 is 0 Å². The van der Waals surface area contributed by atoms with Gasteiger partial charge in [-0.1, -0.05) is 16.2 Å². The number of carbonyl (C=O) groups is 4. The van der Waals surface area contributed by atoms with E-state index in [-0.39, 0.29) is 23.2 Å². The molecule has 2 aliphatic heterocycles. The number of aryl methyl sites for hydroxylation is 2. The molecular weight excluding hydrogens is 765 g/mol. The van der Waals surface area contributed by atoms with E-state index in [9.17, 15) is 32.5 Å². The molecule has 2 aliphatic rings. The van der Waals surface area contributed by atoms with Crippen LogP contribution in [0.1, 0.15) is 50.7 Å². The zero-order valence-corrected chi connectivity index (χ0v) is 31.9. The third-order valence-electron chi connectivity index (χ3n) is 9.39. The van der Waals surface area contributed by atoms with Gasteiger partial charge >= 0.3 is 5.97 Å². The third kappa shape index (κ3) is 9.58. The summed E-state index contributed by atoms with van der Waals surface area (Å²) < 4.78 is 45.7. The lowest BCUT2D eigenvalue weighted by Gasteiger charge is -2.51. The largest absolute Gasteiger partial charge is 0.724 e. The highest BCUT2D eigenvalue weighted by atomic mass is 32.3. The first-order valence-electron chi connectivity index (χ1n) is 16.6. The van der Waals surface area contributed by atoms with Crippen LogP contribution in [0.15, 0.2) is 41.1 Å². The number of nitrogens with two attached hydrogens (primary N) is 3. The number of anilines is 1. The van der Waals surface area contributed by atoms with Crippen LogP contribution in [0.25, 0.3) is 11.1 Å². The minimum Gasteiger partial charge on any atom is -0.724 e. The number of ether oxygens (including phenoxy) is 1. The summed E-state index contributed by atoms with van der Waals surface area (Å²) in [7, 11) is -3.35. The van der Waals surface area contributed by atoms with E-state index in [1.54, 1.807) is 12.3 Å². The minimum atomic E-state index is -5.26. The molecule has 0 bridgehead atoms. The van der Waals surface area contributed by atoms with E-state index in [2.05, 4.69) is 19.4 Å². The second-order valence-corrected chi connectivity index (χ2v) is 15.3. The number of Topliss-reactive ketones (excluding diaryl/α,β-unsaturated/α-hetero) is 1. The molecule has 55 heavy (non-hydrogen) atoms. The van der Waals surface area contributed by atoms with Crippen LogP contribution in [-0.2, 0) is 58.6 Å². The molecule has 20 nitrogen and oxygen atoms in total. The highest BCUT2D eigenvalue weighted by Gasteiger charge is 2.57. The van der Waals surface area contributed by atoms with E-state index in [4.69, 9.17) is 36.7 Å². The Labute approximate surface area is 319 Å². The Morgan fingerprint density at radius 2 is 1.96 bits per heavy atom. The molecule has 3 aromatic rings. The molecule has 1 fully saturated rings. The van der Waals surface area contributed by atoms with Gasteiger partial charge in [0, 0.05) is 18.3 Å². The van der Waals surface area contributed by atoms with Crippen LogP contribution in [0.3, 0.4) is 0 Å². The summed E-state index contributed by atoms with van der Waals surface area (Å²) >= 11 is 0.987. The lowest BCUT2D eigenvalue weighted by atomic mass is 9.74. The second-order valence-electron chi connectivity index (χ2n) is 13.4. The topological polar surface area (TPSA) is 320 Å². The monoisotopic (exact) mass is 805 g/mol. The number of nitrogens with zero attached hydrogens (tertiary/aromatic N) is 5. The van der Waals surface area contributed by atoms with Gasteiger partial charge in [0.1, 0.15) is 17.6 Å². The molecule has 5 rings (SSSR count). The Morgan fingerprint density at radius 3 is 2.51 bits per heavy atom. The number of hydrogen-bond acceptors (Lipinski definition) is 18. The van der Waals surface area contributed by atoms with Crippen molar-refractivity contribution in [3.63, 3.8) is 0 Å². The minimum absolute atomic E-state index is 0.0306. The lowest BCUT2D eigenvalue weighted by molar-refractivity contribution is -0.682. The number of aromatic nitrogens is 3. The number of thiazole rings is 1. The zero-order chi connectivity index (χ0) is 40.9. The van der Waals surface area contributed by atoms with Crippen molar-refractivity contribution >= 4 is 56.7 Å². The van der Waals surface area contributed by atoms with Crippen molar-refractivity contribution in [2.24, 2.45) is 35.5 Å². The fraction of sp³-hybridized carbons (Fsp3) is 0.455. The van der Waals surface area contributed by atoms with Crippen LogP contribution in [0.2, 0.25) is 0 Å². The molecular formula is C33H41N8O12S2-. The third-order valence-corrected chi connectivity index (χ3v) is 10.4. The Morgan fingerprint density at radius 1 is 1.29 bits per heavy atom. The average molecular weight is 806 g/mol. The number of aliphatic carboxylic acids is 1. The smallest absolute Gasteiger partial charge is 0.354 e. The van der Waals surface area contributed by atoms with Crippen molar-refractivity contribution in [1.29, 1.82) is 0 Å². The number of amides is 1. The van der Waals surface area contributed by atoms with Crippen LogP contribution in [0.5, 0.6) is 5.75 Å². The van der Waals surface area contributed by atoms with Crippen LogP contribution in [0, 0.1) is 11.8 Å². The maximum absolute atomic E-state index is 13.6. The lowest BCUT2D eigenvalue weighted by Crippen LogP contribution is -2.68. The summed E-state index contributed by atoms with van der Waals surface area (Å²) in [5, 5.41) is 24.4. The molecule has 4 heterocycles. The van der Waals surface area contributed by atoms with Crippen LogP contribution < -0.4 is 31.6 Å². The molecule has 1 aromatic carbocycles. The molecule has 2 aromatic heterocycles. The Bertz CT molecular complexity index is 2070. The molecule has 298 valence electrons. The summed E-state index contributed by atoms with van der Waals surface area (Å²) in [5.74, 6) is -2.83. The summed E-state index contributed by atoms with van der Waals surface area (Å²) in [5.41, 5.74) is 16.1. The van der Waals surface area contributed by atoms with Crippen LogP contribution in [-0.4, -0.2) is 93.3 Å². The van der Waals surface area contributed by atoms with Gasteiger partial charge in [0.25, 0.3) is 17.3 Å². The average Bonchev–Trinajstić information content (AvgIpc) is 3.56. The van der Waals surface area contributed by atoms with E-state index < -0.39 is 69.8 Å². The van der Waals surface area contributed by atoms with Crippen molar-refractivity contribution < 1.29 is 60.8 Å². The molecule has 1 amide bonds. The summed E-state index contributed by atoms with van der Waals surface area (Å²) in [6, 6.07) is 5.53. The Kier molecular flexibility index (Phi) is 13.3. The maximum Gasteiger partial charge on any atom is 0.354 e. The quantitative estimate of drug-likeness (QED) is 0.0261. The van der Waals surface area contributed by atoms with Gasteiger partial charge in [0.2, 0.25) is 10.4 Å². The fourth-order valence-corrected chi connectivity index (χ4v) is 7.03. The molecule has 1 saturated heterocycles. The summed E-state index contributed by atoms with van der Waals surface area (Å²) in [6.45, 7) is 4.50. The number of oxime groups is 1. The first kappa shape index (κ1) is 42.6. The highest BCUT2D eigenvalue weighted by Crippen LogP contribution is 2.41. The fourth-order valence-electron chi connectivity index (χ4n) is 6.03. The van der Waals surface area contributed by atoms with E-state index in [0.717, 1.165) is 33.9 Å². The van der Waals surface area contributed by atoms with E-state index in [1.807, 2.05) is 29.9 Å². The molecule has 0 saturated carbocycles. The number of hydroxylamine groups is 2. The predicted octanol–water partition coefficient (Wildman–Crippen LogP) is -1.40. The number of carboxylic acids is 1. The number of rotatable bonds is 15. The number of benzene rings is 1. The molecule has 3 atom stereocenters. The molecule has 7 N–H and O–H groups in total. The van der Waals surface area contributed by atoms with Gasteiger partial charge in [-0.25, -0.2) is 22.8 Å². The number of fused-ring (bicyclic) bond motifs is 1. The van der Waals surface area contributed by atoms with Gasteiger partial charge in [0.05, 0.1) is 30.5 Å². The molecule has 22 heteroatoms. The van der Waals surface area contributed by atoms with Crippen molar-refractivity contribution in [3.05, 3.63) is 53.1 Å². The van der Waals surface area contributed by atoms with Gasteiger partial charge in [0.15, 0.2) is 28.9 Å². The molecule has 0 unspecified atom stereocenters. The van der Waals surface area contributed by atoms with Crippen molar-refractivity contribution in [3.8, 4) is 16.9 Å². The van der Waals surface area contributed by atoms with Gasteiger partial charge < -0.3 is 46.3 Å². The van der Waals surface area contributed by atoms with Crippen molar-refractivity contribution in [2.75, 3.05) is 18.8 Å². The van der Waals surface area contributed by atoms with Gasteiger partial charge in [-0.2, -0.15) is 9.35 Å². The SMILES string of the molecule is C[n+]1cc(-c2ccc3c(c2)CC[C@H]([C@](C)(O/N=C(\C(=O)C[C@@H]2C(=O)N(OS(=O)(=O)[O-])C2(C)C)c2csc(N)n2)C(=O)O)O3)cnc1CC(CN)CN.O=C[O-]. The zero-order valence-electron chi connectivity index (χ0n) is 30.2. The molecule has 0 aliphatic carbocycles. The molecule has 0 radical (unpaired) electrons. The highest BCUT2D eigenvalue weighted by molar-refractivity contribution is 7.80. The standard InChI is InChI=1S/C32H40N8O10S2.CH2O2/c1-31(2)21(28(42)40(31)50-52(45,46)47)11-23(41)27(22-16-51-30(35)37-22)38-49-32(3,29(43)44)25-8-6-19-10-18(5-7-24(19)48-25)20-14-36-26(39(4)15-20)9-17(12-33)13-34;2-1-3/h5,7,10,14-17,21,25H,6,8-9,11-13,33-34H2,1-4H3,(H3-,35,37,43,44,45,46,47);1H,(H,2,3)/p-1/b38-27-;/t21-,25-,32+;/m1./s1. The number of hydrogen-bond donors (Lipinski definition) is 4. The number of nitrogen functional groups attached to an aromatic ring is 1.